The summed E-state index contributed by atoms with van der Waals surface area (Å²) in [7, 11) is 0. The Balaban J connectivity index is 0.00000225. The lowest BCUT2D eigenvalue weighted by atomic mass is 10.2. The molecule has 0 unspecified atom stereocenters. The second-order valence-corrected chi connectivity index (χ2v) is 2.56. The third-order valence-electron chi connectivity index (χ3n) is 1.57. The third-order valence-corrected chi connectivity index (χ3v) is 1.57. The number of nitro groups is 2. The van der Waals surface area contributed by atoms with E-state index in [0.29, 0.717) is 6.07 Å². The lowest BCUT2D eigenvalue weighted by Gasteiger charge is -1.96. The van der Waals surface area contributed by atoms with Gasteiger partial charge >= 0.3 is 5.97 Å². The summed E-state index contributed by atoms with van der Waals surface area (Å²) in [4.78, 5) is 29.4. The molecule has 0 heterocycles. The monoisotopic (exact) mass is 248 g/mol. The van der Waals surface area contributed by atoms with Crippen LogP contribution < -0.4 is 0 Å². The summed E-state index contributed by atoms with van der Waals surface area (Å²) in [6.07, 6.45) is 0. The first kappa shape index (κ1) is 13.8. The zero-order valence-electron chi connectivity index (χ0n) is 7.52. The van der Waals surface area contributed by atoms with E-state index in [1.807, 2.05) is 0 Å². The molecule has 0 fully saturated rings. The predicted molar refractivity (Wildman–Crippen MR) is 54.0 cm³/mol. The van der Waals surface area contributed by atoms with Crippen molar-refractivity contribution < 1.29 is 19.7 Å². The summed E-state index contributed by atoms with van der Waals surface area (Å²) in [5.41, 5.74) is -1.74. The molecule has 0 saturated carbocycles. The Hall–Kier alpha value is -2.22. The average Bonchev–Trinajstić information content (AvgIpc) is 2.16. The Labute approximate surface area is 94.2 Å². The van der Waals surface area contributed by atoms with E-state index in [0.717, 1.165) is 12.1 Å². The third kappa shape index (κ3) is 2.89. The normalized spacial score (nSPS) is 9.00. The first-order valence-corrected chi connectivity index (χ1v) is 3.59. The highest BCUT2D eigenvalue weighted by Crippen LogP contribution is 2.22. The largest absolute Gasteiger partial charge is 0.478 e. The maximum absolute atomic E-state index is 10.5. The minimum Gasteiger partial charge on any atom is -0.478 e. The van der Waals surface area contributed by atoms with Crippen molar-refractivity contribution >= 4 is 29.8 Å². The fourth-order valence-electron chi connectivity index (χ4n) is 0.929. The van der Waals surface area contributed by atoms with Gasteiger partial charge in [0.15, 0.2) is 0 Å². The minimum absolute atomic E-state index is 0. The standard InChI is InChI=1S/C7H4N2O6.ClH/c10-7(11)4-1-5(8(12)13)3-6(2-4)9(14)15;/h1-3H,(H,10,11);1H. The molecule has 1 aromatic rings. The van der Waals surface area contributed by atoms with Gasteiger partial charge in [-0.25, -0.2) is 4.79 Å². The lowest BCUT2D eigenvalue weighted by Crippen LogP contribution is -2.00. The molecule has 0 atom stereocenters. The molecule has 0 aliphatic rings. The van der Waals surface area contributed by atoms with Gasteiger partial charge in [0, 0.05) is 12.1 Å². The molecule has 1 N–H and O–H groups in total. The van der Waals surface area contributed by atoms with Crippen LogP contribution in [0.15, 0.2) is 18.2 Å². The molecule has 0 amide bonds. The van der Waals surface area contributed by atoms with E-state index < -0.39 is 32.8 Å². The smallest absolute Gasteiger partial charge is 0.336 e. The number of aromatic carboxylic acids is 1. The zero-order chi connectivity index (χ0) is 11.6. The van der Waals surface area contributed by atoms with Gasteiger partial charge in [0.25, 0.3) is 11.4 Å². The van der Waals surface area contributed by atoms with E-state index in [2.05, 4.69) is 0 Å². The minimum atomic E-state index is -1.46. The van der Waals surface area contributed by atoms with Gasteiger partial charge in [-0.05, 0) is 0 Å². The summed E-state index contributed by atoms with van der Waals surface area (Å²) in [5, 5.41) is 29.2. The SMILES string of the molecule is Cl.O=C(O)c1cc([N+](=O)[O-])cc([N+](=O)[O-])c1. The number of carbonyl (C=O) groups is 1. The molecule has 0 saturated heterocycles. The summed E-state index contributed by atoms with van der Waals surface area (Å²) in [5.74, 6) is -1.46. The molecule has 0 radical (unpaired) electrons. The van der Waals surface area contributed by atoms with Crippen molar-refractivity contribution in [1.29, 1.82) is 0 Å². The van der Waals surface area contributed by atoms with E-state index in [1.165, 1.54) is 0 Å². The summed E-state index contributed by atoms with van der Waals surface area (Å²) >= 11 is 0. The van der Waals surface area contributed by atoms with Crippen LogP contribution in [0.5, 0.6) is 0 Å². The number of carboxylic acid groups (broad SMARTS) is 1. The predicted octanol–water partition coefficient (Wildman–Crippen LogP) is 1.62. The number of hydrogen-bond acceptors (Lipinski definition) is 5. The maximum Gasteiger partial charge on any atom is 0.336 e. The van der Waals surface area contributed by atoms with Gasteiger partial charge in [0.1, 0.15) is 0 Å². The number of nitrogens with zero attached hydrogens (tertiary/aromatic N) is 2. The van der Waals surface area contributed by atoms with Crippen LogP contribution in [-0.4, -0.2) is 20.9 Å². The summed E-state index contributed by atoms with van der Waals surface area (Å²) in [6, 6.07) is 2.22. The van der Waals surface area contributed by atoms with Crippen LogP contribution >= 0.6 is 12.4 Å². The Morgan fingerprint density at radius 2 is 1.44 bits per heavy atom. The molecular formula is C7H5ClN2O6. The van der Waals surface area contributed by atoms with Crippen molar-refractivity contribution in [2.45, 2.75) is 0 Å². The van der Waals surface area contributed by atoms with Crippen molar-refractivity contribution in [1.82, 2.24) is 0 Å². The number of carboxylic acids is 1. The number of halogens is 1. The fourth-order valence-corrected chi connectivity index (χ4v) is 0.929. The van der Waals surface area contributed by atoms with Crippen LogP contribution in [0, 0.1) is 20.2 Å². The lowest BCUT2D eigenvalue weighted by molar-refractivity contribution is -0.394. The van der Waals surface area contributed by atoms with E-state index in [4.69, 9.17) is 5.11 Å². The Morgan fingerprint density at radius 1 is 1.06 bits per heavy atom. The number of nitro benzene ring substituents is 2. The highest BCUT2D eigenvalue weighted by atomic mass is 35.5. The van der Waals surface area contributed by atoms with E-state index in [1.54, 1.807) is 0 Å². The average molecular weight is 249 g/mol. The van der Waals surface area contributed by atoms with Crippen molar-refractivity contribution in [2.24, 2.45) is 0 Å². The van der Waals surface area contributed by atoms with Gasteiger partial charge in [-0.2, -0.15) is 0 Å². The van der Waals surface area contributed by atoms with Gasteiger partial charge in [0.2, 0.25) is 0 Å². The summed E-state index contributed by atoms with van der Waals surface area (Å²) < 4.78 is 0. The quantitative estimate of drug-likeness (QED) is 0.640. The highest BCUT2D eigenvalue weighted by molar-refractivity contribution is 5.89. The van der Waals surface area contributed by atoms with Crippen LogP contribution in [0.25, 0.3) is 0 Å². The van der Waals surface area contributed by atoms with Crippen molar-refractivity contribution in [3.63, 3.8) is 0 Å². The highest BCUT2D eigenvalue weighted by Gasteiger charge is 2.18. The Morgan fingerprint density at radius 3 is 1.69 bits per heavy atom. The number of rotatable bonds is 3. The molecule has 1 rings (SSSR count). The van der Waals surface area contributed by atoms with Crippen LogP contribution in [0.4, 0.5) is 11.4 Å². The van der Waals surface area contributed by atoms with Gasteiger partial charge in [-0.15, -0.1) is 12.4 Å². The van der Waals surface area contributed by atoms with E-state index in [9.17, 15) is 25.0 Å². The molecule has 86 valence electrons. The molecular weight excluding hydrogens is 244 g/mol. The molecule has 1 aromatic carbocycles. The van der Waals surface area contributed by atoms with Gasteiger partial charge in [-0.3, -0.25) is 20.2 Å². The molecule has 0 bridgehead atoms. The molecule has 8 nitrogen and oxygen atoms in total. The topological polar surface area (TPSA) is 124 Å². The number of non-ortho nitro benzene ring substituents is 2. The molecule has 0 aliphatic carbocycles. The Bertz CT molecular complexity index is 381. The van der Waals surface area contributed by atoms with Crippen molar-refractivity contribution in [3.8, 4) is 0 Å². The van der Waals surface area contributed by atoms with Crippen LogP contribution in [-0.2, 0) is 0 Å². The molecule has 9 heteroatoms. The molecule has 16 heavy (non-hydrogen) atoms. The van der Waals surface area contributed by atoms with E-state index >= 15 is 0 Å². The summed E-state index contributed by atoms with van der Waals surface area (Å²) in [6.45, 7) is 0. The first-order valence-electron chi connectivity index (χ1n) is 3.59. The van der Waals surface area contributed by atoms with Crippen molar-refractivity contribution in [3.05, 3.63) is 44.0 Å². The second-order valence-electron chi connectivity index (χ2n) is 2.56. The maximum atomic E-state index is 10.5. The molecule has 0 spiro atoms. The molecule has 0 aromatic heterocycles. The van der Waals surface area contributed by atoms with Gasteiger partial charge < -0.3 is 5.11 Å². The number of benzene rings is 1. The van der Waals surface area contributed by atoms with Crippen LogP contribution in [0.1, 0.15) is 10.4 Å². The zero-order valence-corrected chi connectivity index (χ0v) is 8.34. The number of hydrogen-bond donors (Lipinski definition) is 1. The van der Waals surface area contributed by atoms with Gasteiger partial charge in [-0.1, -0.05) is 0 Å². The second kappa shape index (κ2) is 5.03. The van der Waals surface area contributed by atoms with Crippen LogP contribution in [0.2, 0.25) is 0 Å². The van der Waals surface area contributed by atoms with Gasteiger partial charge in [0.05, 0.1) is 21.5 Å². The first-order chi connectivity index (χ1) is 6.91. The fraction of sp³-hybridized carbons (Fsp3) is 0. The van der Waals surface area contributed by atoms with Crippen molar-refractivity contribution in [2.75, 3.05) is 0 Å². The molecule has 0 aliphatic heterocycles. The van der Waals surface area contributed by atoms with Crippen LogP contribution in [0.3, 0.4) is 0 Å². The van der Waals surface area contributed by atoms with E-state index in [-0.39, 0.29) is 12.4 Å². The Kier molecular flexibility index (Phi) is 4.33.